The highest BCUT2D eigenvalue weighted by Gasteiger charge is 2.25. The fraction of sp³-hybridized carbons (Fsp3) is 0.393. The van der Waals surface area contributed by atoms with Crippen molar-refractivity contribution in [3.05, 3.63) is 59.3 Å². The first-order chi connectivity index (χ1) is 15.6. The summed E-state index contributed by atoms with van der Waals surface area (Å²) in [5.41, 5.74) is 6.05. The molecule has 1 N–H and O–H groups in total. The largest absolute Gasteiger partial charge is 0.490 e. The fourth-order valence-electron chi connectivity index (χ4n) is 4.41. The number of nitrogens with zero attached hydrogens (tertiary/aromatic N) is 1. The van der Waals surface area contributed by atoms with Gasteiger partial charge in [-0.1, -0.05) is 43.9 Å². The van der Waals surface area contributed by atoms with Crippen LogP contribution in [0.3, 0.4) is 0 Å². The summed E-state index contributed by atoms with van der Waals surface area (Å²) in [5.74, 6) is 3.51. The molecule has 4 rings (SSSR count). The summed E-state index contributed by atoms with van der Waals surface area (Å²) < 4.78 is 5.84. The molecule has 0 spiro atoms. The van der Waals surface area contributed by atoms with Gasteiger partial charge in [0.1, 0.15) is 10.8 Å². The monoisotopic (exact) mass is 444 g/mol. The number of benzene rings is 2. The van der Waals surface area contributed by atoms with Gasteiger partial charge in [0, 0.05) is 17.8 Å². The lowest BCUT2D eigenvalue weighted by molar-refractivity contribution is 0.242. The van der Waals surface area contributed by atoms with E-state index in [1.807, 2.05) is 38.2 Å². The van der Waals surface area contributed by atoms with Crippen molar-refractivity contribution in [3.8, 4) is 39.1 Å². The van der Waals surface area contributed by atoms with Gasteiger partial charge in [-0.15, -0.1) is 17.8 Å². The minimum absolute atomic E-state index is 0.0875. The third kappa shape index (κ3) is 4.90. The van der Waals surface area contributed by atoms with Crippen molar-refractivity contribution in [1.82, 2.24) is 10.3 Å². The number of hydrogen-bond acceptors (Lipinski definition) is 4. The molecular weight excluding hydrogens is 412 g/mol. The van der Waals surface area contributed by atoms with Crippen LogP contribution in [0.2, 0.25) is 0 Å². The van der Waals surface area contributed by atoms with Gasteiger partial charge in [-0.05, 0) is 74.5 Å². The zero-order valence-corrected chi connectivity index (χ0v) is 20.1. The van der Waals surface area contributed by atoms with Crippen molar-refractivity contribution in [3.63, 3.8) is 0 Å². The van der Waals surface area contributed by atoms with E-state index in [9.17, 15) is 0 Å². The molecule has 0 amide bonds. The zero-order chi connectivity index (χ0) is 22.5. The van der Waals surface area contributed by atoms with Crippen molar-refractivity contribution in [2.24, 2.45) is 0 Å². The molecule has 1 heterocycles. The van der Waals surface area contributed by atoms with Gasteiger partial charge >= 0.3 is 0 Å². The Morgan fingerprint density at radius 2 is 2.12 bits per heavy atom. The van der Waals surface area contributed by atoms with Gasteiger partial charge in [0.05, 0.1) is 16.5 Å². The minimum atomic E-state index is 0.0875. The Morgan fingerprint density at radius 1 is 1.25 bits per heavy atom. The Balaban J connectivity index is 1.56. The van der Waals surface area contributed by atoms with E-state index >= 15 is 0 Å². The maximum absolute atomic E-state index is 5.84. The maximum Gasteiger partial charge on any atom is 0.135 e. The summed E-state index contributed by atoms with van der Waals surface area (Å²) >= 11 is 1.73. The van der Waals surface area contributed by atoms with Gasteiger partial charge in [-0.2, -0.15) is 0 Å². The minimum Gasteiger partial charge on any atom is -0.490 e. The Hall–Kier alpha value is -2.61. The van der Waals surface area contributed by atoms with Crippen LogP contribution in [-0.2, 0) is 6.42 Å². The van der Waals surface area contributed by atoms with Crippen LogP contribution in [0.4, 0.5) is 0 Å². The molecule has 1 aromatic heterocycles. The molecule has 0 bridgehead atoms. The van der Waals surface area contributed by atoms with Crippen molar-refractivity contribution in [1.29, 1.82) is 0 Å². The summed E-state index contributed by atoms with van der Waals surface area (Å²) in [7, 11) is 0. The summed E-state index contributed by atoms with van der Waals surface area (Å²) in [6.07, 6.45) is 13.9. The molecule has 1 atom stereocenters. The number of ether oxygens (including phenoxy) is 1. The predicted octanol–water partition coefficient (Wildman–Crippen LogP) is 7.01. The summed E-state index contributed by atoms with van der Waals surface area (Å²) in [6.45, 7) is 7.36. The van der Waals surface area contributed by atoms with Crippen molar-refractivity contribution >= 4 is 11.3 Å². The van der Waals surface area contributed by atoms with Crippen LogP contribution in [0.1, 0.15) is 69.2 Å². The van der Waals surface area contributed by atoms with E-state index in [0.717, 1.165) is 34.8 Å². The lowest BCUT2D eigenvalue weighted by atomic mass is 10.0. The van der Waals surface area contributed by atoms with Gasteiger partial charge in [0.25, 0.3) is 0 Å². The van der Waals surface area contributed by atoms with E-state index in [2.05, 4.69) is 36.4 Å². The molecule has 1 unspecified atom stereocenters. The molecule has 1 aliphatic carbocycles. The van der Waals surface area contributed by atoms with Gasteiger partial charge in [-0.3, -0.25) is 0 Å². The molecule has 3 aromatic rings. The molecule has 0 fully saturated rings. The highest BCUT2D eigenvalue weighted by molar-refractivity contribution is 7.18. The number of fused-ring (bicyclic) bond motifs is 1. The zero-order valence-electron chi connectivity index (χ0n) is 19.3. The molecule has 4 heteroatoms. The van der Waals surface area contributed by atoms with Crippen molar-refractivity contribution in [2.75, 3.05) is 6.54 Å². The molecule has 0 aliphatic heterocycles. The van der Waals surface area contributed by atoms with E-state index in [0.29, 0.717) is 6.04 Å². The van der Waals surface area contributed by atoms with Crippen LogP contribution in [0, 0.1) is 12.3 Å². The number of nitrogens with one attached hydrogen (secondary N) is 1. The normalized spacial score (nSPS) is 15.0. The van der Waals surface area contributed by atoms with Crippen LogP contribution in [0.15, 0.2) is 42.6 Å². The highest BCUT2D eigenvalue weighted by Crippen LogP contribution is 2.41. The third-order valence-electron chi connectivity index (χ3n) is 5.96. The van der Waals surface area contributed by atoms with E-state index < -0.39 is 0 Å². The first-order valence-corrected chi connectivity index (χ1v) is 12.5. The lowest BCUT2D eigenvalue weighted by Crippen LogP contribution is -2.20. The first kappa shape index (κ1) is 22.6. The molecule has 3 nitrogen and oxygen atoms in total. The molecule has 0 saturated carbocycles. The average molecular weight is 445 g/mol. The lowest BCUT2D eigenvalue weighted by Gasteiger charge is -2.14. The second-order valence-electron chi connectivity index (χ2n) is 8.68. The van der Waals surface area contributed by atoms with E-state index in [1.165, 1.54) is 47.3 Å². The molecule has 2 aromatic carbocycles. The maximum atomic E-state index is 5.84. The molecule has 1 aliphatic rings. The van der Waals surface area contributed by atoms with Gasteiger partial charge in [-0.25, -0.2) is 4.98 Å². The number of hydrogen-bond donors (Lipinski definition) is 1. The van der Waals surface area contributed by atoms with Crippen LogP contribution < -0.4 is 10.1 Å². The van der Waals surface area contributed by atoms with Crippen molar-refractivity contribution < 1.29 is 4.74 Å². The van der Waals surface area contributed by atoms with Crippen LogP contribution in [0.25, 0.3) is 21.0 Å². The Bertz CT molecular complexity index is 1110. The molecular formula is C28H32N2OS. The topological polar surface area (TPSA) is 34.2 Å². The smallest absolute Gasteiger partial charge is 0.135 e. The second-order valence-corrected chi connectivity index (χ2v) is 9.71. The number of terminal acetylenes is 1. The van der Waals surface area contributed by atoms with Crippen molar-refractivity contribution in [2.45, 2.75) is 65.0 Å². The quantitative estimate of drug-likeness (QED) is 0.285. The van der Waals surface area contributed by atoms with Crippen LogP contribution in [-0.4, -0.2) is 17.6 Å². The number of aromatic nitrogens is 1. The van der Waals surface area contributed by atoms with E-state index in [4.69, 9.17) is 16.1 Å². The predicted molar refractivity (Wildman–Crippen MR) is 135 cm³/mol. The van der Waals surface area contributed by atoms with Gasteiger partial charge in [0.15, 0.2) is 0 Å². The Labute approximate surface area is 196 Å². The van der Waals surface area contributed by atoms with Gasteiger partial charge < -0.3 is 10.1 Å². The summed E-state index contributed by atoms with van der Waals surface area (Å²) in [4.78, 5) is 5.95. The van der Waals surface area contributed by atoms with E-state index in [-0.39, 0.29) is 6.10 Å². The molecule has 166 valence electrons. The average Bonchev–Trinajstić information content (AvgIpc) is 3.44. The fourth-order valence-corrected chi connectivity index (χ4v) is 5.38. The first-order valence-electron chi connectivity index (χ1n) is 11.7. The Kier molecular flexibility index (Phi) is 7.29. The highest BCUT2D eigenvalue weighted by atomic mass is 32.1. The van der Waals surface area contributed by atoms with E-state index in [1.54, 1.807) is 11.3 Å². The summed E-state index contributed by atoms with van der Waals surface area (Å²) in [5, 5.41) is 4.75. The third-order valence-corrected chi connectivity index (χ3v) is 7.04. The second kappa shape index (κ2) is 10.3. The Morgan fingerprint density at radius 3 is 2.91 bits per heavy atom. The number of thiazole rings is 1. The molecule has 0 radical (unpaired) electrons. The number of rotatable bonds is 9. The number of unbranched alkanes of at least 4 members (excludes halogenated alkanes) is 2. The molecule has 0 saturated heterocycles. The molecule has 32 heavy (non-hydrogen) atoms. The SMILES string of the molecule is C#Cc1cc(-c2ncc(-c3cccc4c3CCC4NCCCCC)s2)ccc1OC(C)C. The standard InChI is InChI=1S/C28H32N2OS/c1-5-7-8-16-29-25-14-13-22-23(25)10-9-11-24(22)27-18-30-28(32-27)21-12-15-26(31-19(3)4)20(6-2)17-21/h2,9-12,15,17-19,25,29H,5,7-8,13-14,16H2,1,3-4H3. The summed E-state index contributed by atoms with van der Waals surface area (Å²) in [6, 6.07) is 13.2. The van der Waals surface area contributed by atoms with Crippen LogP contribution >= 0.6 is 11.3 Å². The van der Waals surface area contributed by atoms with Crippen LogP contribution in [0.5, 0.6) is 5.75 Å². The van der Waals surface area contributed by atoms with Gasteiger partial charge in [0.2, 0.25) is 0 Å².